The minimum Gasteiger partial charge on any atom is -0.310 e. The maximum Gasteiger partial charge on any atom is 0.258 e. The van der Waals surface area contributed by atoms with Crippen LogP contribution in [0.5, 0.6) is 0 Å². The van der Waals surface area contributed by atoms with Crippen molar-refractivity contribution in [3.05, 3.63) is 82.9 Å². The summed E-state index contributed by atoms with van der Waals surface area (Å²) in [5, 5.41) is 2.92. The summed E-state index contributed by atoms with van der Waals surface area (Å²) in [6.07, 6.45) is 4.11. The number of rotatable bonds is 5. The van der Waals surface area contributed by atoms with Crippen molar-refractivity contribution in [2.45, 2.75) is 13.0 Å². The van der Waals surface area contributed by atoms with Gasteiger partial charge in [-0.3, -0.25) is 15.1 Å². The predicted octanol–water partition coefficient (Wildman–Crippen LogP) is 4.08. The SMILES string of the molecule is O=C(Nc1nc2ccccc2n1CCc1ccccn1)c1ccnc(Br)c1. The molecule has 3 aromatic heterocycles. The number of aromatic nitrogens is 4. The summed E-state index contributed by atoms with van der Waals surface area (Å²) in [5.74, 6) is 0.289. The van der Waals surface area contributed by atoms with Crippen molar-refractivity contribution in [2.24, 2.45) is 0 Å². The van der Waals surface area contributed by atoms with E-state index in [-0.39, 0.29) is 5.91 Å². The van der Waals surface area contributed by atoms with Crippen LogP contribution in [-0.2, 0) is 13.0 Å². The number of carbonyl (C=O) groups is 1. The zero-order valence-electron chi connectivity index (χ0n) is 14.3. The van der Waals surface area contributed by atoms with Gasteiger partial charge in [0.1, 0.15) is 4.60 Å². The Morgan fingerprint density at radius 1 is 1.04 bits per heavy atom. The molecule has 4 aromatic rings. The third kappa shape index (κ3) is 3.88. The summed E-state index contributed by atoms with van der Waals surface area (Å²) in [6.45, 7) is 0.660. The first kappa shape index (κ1) is 17.4. The Balaban J connectivity index is 1.64. The lowest BCUT2D eigenvalue weighted by atomic mass is 10.2. The first-order valence-corrected chi connectivity index (χ1v) is 9.28. The molecule has 0 aliphatic carbocycles. The maximum absolute atomic E-state index is 12.6. The fourth-order valence-electron chi connectivity index (χ4n) is 2.89. The molecule has 4 rings (SSSR count). The van der Waals surface area contributed by atoms with Gasteiger partial charge in [0.15, 0.2) is 0 Å². The maximum atomic E-state index is 12.6. The number of pyridine rings is 2. The van der Waals surface area contributed by atoms with E-state index in [1.54, 1.807) is 24.5 Å². The third-order valence-electron chi connectivity index (χ3n) is 4.19. The van der Waals surface area contributed by atoms with Crippen LogP contribution in [0.2, 0.25) is 0 Å². The van der Waals surface area contributed by atoms with Crippen LogP contribution in [0.15, 0.2) is 71.6 Å². The van der Waals surface area contributed by atoms with Gasteiger partial charge in [0, 0.05) is 36.6 Å². The van der Waals surface area contributed by atoms with E-state index in [4.69, 9.17) is 0 Å². The molecule has 1 N–H and O–H groups in total. The van der Waals surface area contributed by atoms with E-state index in [1.807, 2.05) is 47.0 Å². The molecule has 0 aliphatic heterocycles. The molecule has 0 spiro atoms. The zero-order valence-corrected chi connectivity index (χ0v) is 15.9. The largest absolute Gasteiger partial charge is 0.310 e. The molecule has 27 heavy (non-hydrogen) atoms. The third-order valence-corrected chi connectivity index (χ3v) is 4.62. The van der Waals surface area contributed by atoms with Gasteiger partial charge < -0.3 is 4.57 Å². The molecule has 0 aliphatic rings. The second-order valence-corrected chi connectivity index (χ2v) is 6.78. The average Bonchev–Trinajstić information content (AvgIpc) is 3.04. The van der Waals surface area contributed by atoms with E-state index in [2.05, 4.69) is 36.2 Å². The molecule has 6 nitrogen and oxygen atoms in total. The highest BCUT2D eigenvalue weighted by atomic mass is 79.9. The zero-order chi connectivity index (χ0) is 18.6. The highest BCUT2D eigenvalue weighted by Gasteiger charge is 2.15. The fraction of sp³-hybridized carbons (Fsp3) is 0.100. The van der Waals surface area contributed by atoms with Crippen molar-refractivity contribution in [2.75, 3.05) is 5.32 Å². The van der Waals surface area contributed by atoms with Crippen LogP contribution in [-0.4, -0.2) is 25.4 Å². The van der Waals surface area contributed by atoms with Crippen LogP contribution < -0.4 is 5.32 Å². The Morgan fingerprint density at radius 2 is 1.89 bits per heavy atom. The van der Waals surface area contributed by atoms with Crippen molar-refractivity contribution in [3.8, 4) is 0 Å². The van der Waals surface area contributed by atoms with E-state index in [9.17, 15) is 4.79 Å². The summed E-state index contributed by atoms with van der Waals surface area (Å²) in [4.78, 5) is 25.7. The van der Waals surface area contributed by atoms with Crippen molar-refractivity contribution >= 4 is 38.8 Å². The first-order chi connectivity index (χ1) is 13.2. The molecular weight excluding hydrogens is 406 g/mol. The van der Waals surface area contributed by atoms with Crippen molar-refractivity contribution < 1.29 is 4.79 Å². The number of amides is 1. The molecule has 0 saturated carbocycles. The van der Waals surface area contributed by atoms with Crippen molar-refractivity contribution in [1.29, 1.82) is 0 Å². The summed E-state index contributed by atoms with van der Waals surface area (Å²) < 4.78 is 2.62. The Kier molecular flexibility index (Phi) is 4.93. The van der Waals surface area contributed by atoms with Gasteiger partial charge in [0.05, 0.1) is 11.0 Å². The standard InChI is InChI=1S/C20H16BrN5O/c21-18-13-14(8-11-23-18)19(27)25-20-24-16-6-1-2-7-17(16)26(20)12-9-15-5-3-4-10-22-15/h1-8,10-11,13H,9,12H2,(H,24,25,27). The van der Waals surface area contributed by atoms with E-state index in [0.29, 0.717) is 22.7 Å². The van der Waals surface area contributed by atoms with Crippen LogP contribution in [0, 0.1) is 0 Å². The van der Waals surface area contributed by atoms with Gasteiger partial charge in [-0.1, -0.05) is 18.2 Å². The lowest BCUT2D eigenvalue weighted by Gasteiger charge is -2.10. The Labute approximate surface area is 164 Å². The Bertz CT molecular complexity index is 1090. The van der Waals surface area contributed by atoms with E-state index >= 15 is 0 Å². The van der Waals surface area contributed by atoms with Gasteiger partial charge in [0.25, 0.3) is 5.91 Å². The second-order valence-electron chi connectivity index (χ2n) is 5.97. The van der Waals surface area contributed by atoms with Gasteiger partial charge in [-0.25, -0.2) is 9.97 Å². The fourth-order valence-corrected chi connectivity index (χ4v) is 3.25. The lowest BCUT2D eigenvalue weighted by molar-refractivity contribution is 0.102. The number of fused-ring (bicyclic) bond motifs is 1. The summed E-state index contributed by atoms with van der Waals surface area (Å²) in [6, 6.07) is 17.0. The normalized spacial score (nSPS) is 10.9. The quantitative estimate of drug-likeness (QED) is 0.492. The van der Waals surface area contributed by atoms with Crippen LogP contribution in [0.25, 0.3) is 11.0 Å². The Hall–Kier alpha value is -3.06. The van der Waals surface area contributed by atoms with Crippen LogP contribution in [0.1, 0.15) is 16.1 Å². The molecule has 0 unspecified atom stereocenters. The molecule has 134 valence electrons. The molecule has 0 bridgehead atoms. The van der Waals surface area contributed by atoms with Gasteiger partial charge >= 0.3 is 0 Å². The number of anilines is 1. The monoisotopic (exact) mass is 421 g/mol. The topological polar surface area (TPSA) is 72.7 Å². The molecular formula is C20H16BrN5O. The lowest BCUT2D eigenvalue weighted by Crippen LogP contribution is -2.17. The second kappa shape index (κ2) is 7.67. The molecule has 0 fully saturated rings. The molecule has 3 heterocycles. The smallest absolute Gasteiger partial charge is 0.258 e. The number of imidazole rings is 1. The van der Waals surface area contributed by atoms with Gasteiger partial charge in [0.2, 0.25) is 5.95 Å². The average molecular weight is 422 g/mol. The number of hydrogen-bond donors (Lipinski definition) is 1. The number of benzene rings is 1. The number of nitrogens with one attached hydrogen (secondary N) is 1. The van der Waals surface area contributed by atoms with Gasteiger partial charge in [-0.2, -0.15) is 0 Å². The van der Waals surface area contributed by atoms with Crippen LogP contribution in [0.3, 0.4) is 0 Å². The first-order valence-electron chi connectivity index (χ1n) is 8.49. The summed E-state index contributed by atoms with van der Waals surface area (Å²) >= 11 is 3.29. The molecule has 1 aromatic carbocycles. The number of para-hydroxylation sites is 2. The molecule has 1 amide bonds. The summed E-state index contributed by atoms with van der Waals surface area (Å²) in [5.41, 5.74) is 3.31. The van der Waals surface area contributed by atoms with Crippen LogP contribution >= 0.6 is 15.9 Å². The predicted molar refractivity (Wildman–Crippen MR) is 108 cm³/mol. The molecule has 0 radical (unpaired) electrons. The van der Waals surface area contributed by atoms with E-state index < -0.39 is 0 Å². The highest BCUT2D eigenvalue weighted by molar-refractivity contribution is 9.10. The number of halogens is 1. The number of aryl methyl sites for hydroxylation is 2. The number of nitrogens with zero attached hydrogens (tertiary/aromatic N) is 4. The highest BCUT2D eigenvalue weighted by Crippen LogP contribution is 2.21. The Morgan fingerprint density at radius 3 is 2.70 bits per heavy atom. The number of hydrogen-bond acceptors (Lipinski definition) is 4. The van der Waals surface area contributed by atoms with Crippen LogP contribution in [0.4, 0.5) is 5.95 Å². The van der Waals surface area contributed by atoms with Crippen molar-refractivity contribution in [1.82, 2.24) is 19.5 Å². The van der Waals surface area contributed by atoms with Crippen molar-refractivity contribution in [3.63, 3.8) is 0 Å². The van der Waals surface area contributed by atoms with Gasteiger partial charge in [-0.05, 0) is 52.3 Å². The molecule has 0 saturated heterocycles. The summed E-state index contributed by atoms with van der Waals surface area (Å²) in [7, 11) is 0. The minimum atomic E-state index is -0.229. The van der Waals surface area contributed by atoms with E-state index in [0.717, 1.165) is 23.1 Å². The molecule has 0 atom stereocenters. The number of carbonyl (C=O) groups excluding carboxylic acids is 1. The minimum absolute atomic E-state index is 0.229. The van der Waals surface area contributed by atoms with Gasteiger partial charge in [-0.15, -0.1) is 0 Å². The molecule has 7 heteroatoms. The van der Waals surface area contributed by atoms with E-state index in [1.165, 1.54) is 0 Å².